The maximum atomic E-state index is 14.3. The third kappa shape index (κ3) is 7.36. The highest BCUT2D eigenvalue weighted by molar-refractivity contribution is 7.92. The molecule has 0 aliphatic rings. The summed E-state index contributed by atoms with van der Waals surface area (Å²) in [4.78, 5) is 29.1. The van der Waals surface area contributed by atoms with Crippen LogP contribution >= 0.6 is 0 Å². The van der Waals surface area contributed by atoms with Crippen LogP contribution in [0, 0.1) is 6.92 Å². The van der Waals surface area contributed by atoms with Gasteiger partial charge in [-0.1, -0.05) is 78.4 Å². The van der Waals surface area contributed by atoms with Gasteiger partial charge in [-0.15, -0.1) is 0 Å². The summed E-state index contributed by atoms with van der Waals surface area (Å²) in [5.74, 6) is -0.346. The fourth-order valence-electron chi connectivity index (χ4n) is 4.73. The Hall–Kier alpha value is -4.63. The Morgan fingerprint density at radius 3 is 2.05 bits per heavy atom. The summed E-state index contributed by atoms with van der Waals surface area (Å²) >= 11 is 0. The molecule has 9 heteroatoms. The number of anilines is 1. The maximum absolute atomic E-state index is 14.3. The number of rotatable bonds is 12. The van der Waals surface area contributed by atoms with Gasteiger partial charge in [0, 0.05) is 20.0 Å². The normalized spacial score (nSPS) is 11.8. The van der Waals surface area contributed by atoms with Gasteiger partial charge in [-0.2, -0.15) is 0 Å². The highest BCUT2D eigenvalue weighted by atomic mass is 32.2. The van der Waals surface area contributed by atoms with E-state index < -0.39 is 28.5 Å². The number of likely N-dealkylation sites (N-methyl/N-ethyl adjacent to an activating group) is 1. The van der Waals surface area contributed by atoms with Crippen molar-refractivity contribution >= 4 is 27.5 Å². The summed E-state index contributed by atoms with van der Waals surface area (Å²) in [5, 5.41) is 2.69. The number of hydrogen-bond acceptors (Lipinski definition) is 5. The molecule has 4 rings (SSSR count). The first-order chi connectivity index (χ1) is 20.2. The molecule has 2 amide bonds. The summed E-state index contributed by atoms with van der Waals surface area (Å²) in [6, 6.07) is 30.7. The molecule has 4 aromatic rings. The van der Waals surface area contributed by atoms with Crippen LogP contribution in [0.25, 0.3) is 0 Å². The smallest absolute Gasteiger partial charge is 0.264 e. The first kappa shape index (κ1) is 30.3. The number of nitrogens with zero attached hydrogens (tertiary/aromatic N) is 2. The summed E-state index contributed by atoms with van der Waals surface area (Å²) < 4.78 is 34.2. The second-order valence-corrected chi connectivity index (χ2v) is 11.7. The fraction of sp³-hybridized carbons (Fsp3) is 0.212. The van der Waals surface area contributed by atoms with Crippen LogP contribution in [-0.4, -0.2) is 51.9 Å². The molecule has 0 fully saturated rings. The summed E-state index contributed by atoms with van der Waals surface area (Å²) in [7, 11) is -1.14. The zero-order valence-corrected chi connectivity index (χ0v) is 24.8. The fourth-order valence-corrected chi connectivity index (χ4v) is 6.14. The molecule has 4 aromatic carbocycles. The maximum Gasteiger partial charge on any atom is 0.264 e. The quantitative estimate of drug-likeness (QED) is 0.263. The van der Waals surface area contributed by atoms with Gasteiger partial charge in [0.25, 0.3) is 10.0 Å². The molecule has 0 unspecified atom stereocenters. The van der Waals surface area contributed by atoms with E-state index in [0.717, 1.165) is 21.0 Å². The second kappa shape index (κ2) is 13.8. The molecule has 1 atom stereocenters. The van der Waals surface area contributed by atoms with E-state index in [9.17, 15) is 18.0 Å². The Bertz CT molecular complexity index is 1590. The van der Waals surface area contributed by atoms with Crippen LogP contribution in [0.5, 0.6) is 5.75 Å². The molecular formula is C33H35N3O5S. The molecule has 218 valence electrons. The number of methoxy groups -OCH3 is 1. The number of carbonyl (C=O) groups excluding carboxylic acids is 2. The molecule has 0 heterocycles. The van der Waals surface area contributed by atoms with Gasteiger partial charge in [0.1, 0.15) is 18.3 Å². The van der Waals surface area contributed by atoms with E-state index in [-0.39, 0.29) is 23.8 Å². The molecule has 0 saturated heterocycles. The van der Waals surface area contributed by atoms with Crippen molar-refractivity contribution in [1.82, 2.24) is 10.2 Å². The van der Waals surface area contributed by atoms with Crippen LogP contribution in [0.4, 0.5) is 5.69 Å². The molecule has 0 aliphatic carbocycles. The van der Waals surface area contributed by atoms with E-state index in [1.807, 2.05) is 61.5 Å². The number of para-hydroxylation sites is 1. The standard InChI is InChI=1S/C33H35N3O5S/c1-25-11-10-14-27(21-25)23-35(31(33(38)34-2)22-26-12-6-4-7-13-26)32(37)24-36(28-15-8-5-9-16-28)42(39,40)30-19-17-29(41-3)18-20-30/h4-21,31H,22-24H2,1-3H3,(H,34,38)/t31-/m0/s1. The van der Waals surface area contributed by atoms with Crippen molar-refractivity contribution in [1.29, 1.82) is 0 Å². The Kier molecular flexibility index (Phi) is 9.98. The van der Waals surface area contributed by atoms with Crippen LogP contribution < -0.4 is 14.4 Å². The molecule has 0 spiro atoms. The van der Waals surface area contributed by atoms with Crippen LogP contribution in [0.3, 0.4) is 0 Å². The van der Waals surface area contributed by atoms with Crippen molar-refractivity contribution in [2.24, 2.45) is 0 Å². The van der Waals surface area contributed by atoms with Crippen molar-refractivity contribution < 1.29 is 22.7 Å². The van der Waals surface area contributed by atoms with E-state index >= 15 is 0 Å². The van der Waals surface area contributed by atoms with Gasteiger partial charge in [-0.25, -0.2) is 8.42 Å². The van der Waals surface area contributed by atoms with Gasteiger partial charge in [0.2, 0.25) is 11.8 Å². The number of carbonyl (C=O) groups is 2. The SMILES string of the molecule is CNC(=O)[C@H](Cc1ccccc1)N(Cc1cccc(C)c1)C(=O)CN(c1ccccc1)S(=O)(=O)c1ccc(OC)cc1. The molecule has 0 radical (unpaired) electrons. The van der Waals surface area contributed by atoms with Crippen molar-refractivity contribution in [2.75, 3.05) is 25.0 Å². The highest BCUT2D eigenvalue weighted by Crippen LogP contribution is 2.26. The lowest BCUT2D eigenvalue weighted by Gasteiger charge is -2.33. The average molecular weight is 586 g/mol. The zero-order chi connectivity index (χ0) is 30.1. The number of ether oxygens (including phenoxy) is 1. The molecule has 0 aromatic heterocycles. The lowest BCUT2D eigenvalue weighted by Crippen LogP contribution is -2.53. The van der Waals surface area contributed by atoms with Crippen LogP contribution in [0.15, 0.2) is 114 Å². The first-order valence-corrected chi connectivity index (χ1v) is 15.0. The van der Waals surface area contributed by atoms with Gasteiger partial charge in [0.05, 0.1) is 17.7 Å². The molecule has 0 saturated carbocycles. The van der Waals surface area contributed by atoms with Crippen LogP contribution in [0.2, 0.25) is 0 Å². The van der Waals surface area contributed by atoms with Crippen molar-refractivity contribution in [3.63, 3.8) is 0 Å². The predicted molar refractivity (Wildman–Crippen MR) is 164 cm³/mol. The number of sulfonamides is 1. The van der Waals surface area contributed by atoms with Gasteiger partial charge >= 0.3 is 0 Å². The molecule has 0 bridgehead atoms. The molecule has 0 aliphatic heterocycles. The topological polar surface area (TPSA) is 96.0 Å². The first-order valence-electron chi connectivity index (χ1n) is 13.6. The lowest BCUT2D eigenvalue weighted by atomic mass is 10.0. The minimum Gasteiger partial charge on any atom is -0.497 e. The number of benzene rings is 4. The second-order valence-electron chi connectivity index (χ2n) is 9.85. The molecule has 42 heavy (non-hydrogen) atoms. The van der Waals surface area contributed by atoms with Gasteiger partial charge in [-0.3, -0.25) is 13.9 Å². The van der Waals surface area contributed by atoms with Gasteiger partial charge < -0.3 is 15.0 Å². The van der Waals surface area contributed by atoms with E-state index in [1.165, 1.54) is 31.2 Å². The van der Waals surface area contributed by atoms with Crippen LogP contribution in [-0.2, 0) is 32.6 Å². The largest absolute Gasteiger partial charge is 0.497 e. The van der Waals surface area contributed by atoms with Gasteiger partial charge in [0.15, 0.2) is 0 Å². The molecule has 8 nitrogen and oxygen atoms in total. The van der Waals surface area contributed by atoms with Crippen molar-refractivity contribution in [3.05, 3.63) is 126 Å². The summed E-state index contributed by atoms with van der Waals surface area (Å²) in [6.45, 7) is 1.57. The van der Waals surface area contributed by atoms with Crippen LogP contribution in [0.1, 0.15) is 16.7 Å². The lowest BCUT2D eigenvalue weighted by molar-refractivity contribution is -0.139. The van der Waals surface area contributed by atoms with Crippen molar-refractivity contribution in [3.8, 4) is 5.75 Å². The third-order valence-corrected chi connectivity index (χ3v) is 8.71. The Balaban J connectivity index is 1.76. The van der Waals surface area contributed by atoms with E-state index in [1.54, 1.807) is 42.5 Å². The number of aryl methyl sites for hydroxylation is 1. The third-order valence-electron chi connectivity index (χ3n) is 6.92. The van der Waals surface area contributed by atoms with Crippen molar-refractivity contribution in [2.45, 2.75) is 30.8 Å². The molecule has 1 N–H and O–H groups in total. The number of amides is 2. The monoisotopic (exact) mass is 585 g/mol. The van der Waals surface area contributed by atoms with E-state index in [2.05, 4.69) is 5.32 Å². The van der Waals surface area contributed by atoms with E-state index in [0.29, 0.717) is 11.4 Å². The number of hydrogen-bond donors (Lipinski definition) is 1. The summed E-state index contributed by atoms with van der Waals surface area (Å²) in [6.07, 6.45) is 0.259. The Morgan fingerprint density at radius 1 is 0.833 bits per heavy atom. The Morgan fingerprint density at radius 2 is 1.45 bits per heavy atom. The van der Waals surface area contributed by atoms with E-state index in [4.69, 9.17) is 4.74 Å². The average Bonchev–Trinajstić information content (AvgIpc) is 3.02. The minimum atomic E-state index is -4.17. The van der Waals surface area contributed by atoms with Gasteiger partial charge in [-0.05, 0) is 54.4 Å². The Labute approximate surface area is 247 Å². The summed E-state index contributed by atoms with van der Waals surface area (Å²) in [5.41, 5.74) is 3.04. The predicted octanol–water partition coefficient (Wildman–Crippen LogP) is 4.59. The molecular weight excluding hydrogens is 550 g/mol. The zero-order valence-electron chi connectivity index (χ0n) is 23.9. The minimum absolute atomic E-state index is 0.0114. The highest BCUT2D eigenvalue weighted by Gasteiger charge is 2.34. The number of nitrogens with one attached hydrogen (secondary N) is 1.